The Bertz CT molecular complexity index is 743. The minimum atomic E-state index is -4.38. The summed E-state index contributed by atoms with van der Waals surface area (Å²) in [4.78, 5) is -0.0105. The van der Waals surface area contributed by atoms with E-state index >= 15 is 0 Å². The molecule has 0 N–H and O–H groups in total. The molecule has 22 heavy (non-hydrogen) atoms. The predicted octanol–water partition coefficient (Wildman–Crippen LogP) is 5.86. The van der Waals surface area contributed by atoms with E-state index in [1.54, 1.807) is 6.07 Å². The van der Waals surface area contributed by atoms with Crippen LogP contribution in [0.25, 0.3) is 0 Å². The first kappa shape index (κ1) is 16.6. The van der Waals surface area contributed by atoms with Crippen LogP contribution in [0.4, 0.5) is 17.6 Å². The number of nitriles is 1. The molecule has 0 saturated carbocycles. The zero-order valence-electron chi connectivity index (χ0n) is 10.6. The molecule has 0 unspecified atom stereocenters. The highest BCUT2D eigenvalue weighted by molar-refractivity contribution is 9.10. The number of alkyl halides is 3. The Kier molecular flexibility index (Phi) is 4.98. The quantitative estimate of drug-likeness (QED) is 0.484. The Labute approximate surface area is 135 Å². The molecule has 0 fully saturated rings. The summed E-state index contributed by atoms with van der Waals surface area (Å²) < 4.78 is 55.8. The summed E-state index contributed by atoms with van der Waals surface area (Å²) >= 11 is 2.85. The minimum Gasteiger partial charge on any atom is -0.456 e. The highest BCUT2D eigenvalue weighted by Crippen LogP contribution is 2.40. The fraction of sp³-hybridized carbons (Fsp3) is 0.0714. The number of rotatable bonds is 3. The number of nitrogens with zero attached hydrogens (tertiary/aromatic N) is 1. The van der Waals surface area contributed by atoms with Gasteiger partial charge in [-0.25, -0.2) is 4.39 Å². The van der Waals surface area contributed by atoms with Crippen LogP contribution in [0.5, 0.6) is 11.5 Å². The van der Waals surface area contributed by atoms with Gasteiger partial charge in [0.1, 0.15) is 17.3 Å². The molecule has 0 aromatic heterocycles. The molecule has 0 saturated heterocycles. The number of halogens is 5. The predicted molar refractivity (Wildman–Crippen MR) is 77.2 cm³/mol. The van der Waals surface area contributed by atoms with Gasteiger partial charge in [-0.3, -0.25) is 0 Å². The molecule has 0 heterocycles. The van der Waals surface area contributed by atoms with E-state index in [0.717, 1.165) is 12.1 Å². The minimum absolute atomic E-state index is 0.0105. The van der Waals surface area contributed by atoms with Gasteiger partial charge in [0, 0.05) is 11.0 Å². The summed E-state index contributed by atoms with van der Waals surface area (Å²) in [5.41, 5.74) is -4.30. The standard InChI is InChI=1S/C14H6BrF4NOS/c15-12-6-11(22-14(17,18)19)1-2-13(12)21-10-4-8(7-20)3-9(16)5-10/h1-6H. The van der Waals surface area contributed by atoms with Gasteiger partial charge in [0.15, 0.2) is 0 Å². The number of ether oxygens (including phenoxy) is 1. The lowest BCUT2D eigenvalue weighted by molar-refractivity contribution is -0.0328. The molecule has 0 aliphatic carbocycles. The van der Waals surface area contributed by atoms with Gasteiger partial charge in [-0.05, 0) is 58.0 Å². The normalized spacial score (nSPS) is 11.1. The molecule has 0 aliphatic heterocycles. The average molecular weight is 392 g/mol. The van der Waals surface area contributed by atoms with Crippen molar-refractivity contribution in [1.82, 2.24) is 0 Å². The Morgan fingerprint density at radius 3 is 2.45 bits per heavy atom. The summed E-state index contributed by atoms with van der Waals surface area (Å²) in [6.45, 7) is 0. The summed E-state index contributed by atoms with van der Waals surface area (Å²) in [6.07, 6.45) is 0. The molecule has 0 atom stereocenters. The van der Waals surface area contributed by atoms with Gasteiger partial charge in [0.25, 0.3) is 0 Å². The van der Waals surface area contributed by atoms with Crippen LogP contribution in [0, 0.1) is 17.1 Å². The second kappa shape index (κ2) is 6.58. The number of benzene rings is 2. The van der Waals surface area contributed by atoms with Crippen molar-refractivity contribution in [3.63, 3.8) is 0 Å². The Morgan fingerprint density at radius 1 is 1.14 bits per heavy atom. The zero-order valence-corrected chi connectivity index (χ0v) is 13.0. The lowest BCUT2D eigenvalue weighted by Gasteiger charge is -2.10. The largest absolute Gasteiger partial charge is 0.456 e. The second-order valence-electron chi connectivity index (χ2n) is 4.03. The van der Waals surface area contributed by atoms with Crippen LogP contribution in [0.15, 0.2) is 45.8 Å². The van der Waals surface area contributed by atoms with Crippen LogP contribution < -0.4 is 4.74 Å². The third-order valence-corrected chi connectivity index (χ3v) is 3.71. The lowest BCUT2D eigenvalue weighted by Crippen LogP contribution is -1.99. The van der Waals surface area contributed by atoms with Crippen LogP contribution in [0.2, 0.25) is 0 Å². The van der Waals surface area contributed by atoms with E-state index < -0.39 is 11.3 Å². The van der Waals surface area contributed by atoms with Gasteiger partial charge in [-0.2, -0.15) is 18.4 Å². The van der Waals surface area contributed by atoms with E-state index in [1.807, 2.05) is 0 Å². The van der Waals surface area contributed by atoms with E-state index in [-0.39, 0.29) is 38.2 Å². The topological polar surface area (TPSA) is 33.0 Å². The fourth-order valence-corrected chi connectivity index (χ4v) is 2.77. The van der Waals surface area contributed by atoms with Crippen molar-refractivity contribution in [2.24, 2.45) is 0 Å². The van der Waals surface area contributed by atoms with Crippen LogP contribution in [0.1, 0.15) is 5.56 Å². The van der Waals surface area contributed by atoms with Crippen LogP contribution >= 0.6 is 27.7 Å². The van der Waals surface area contributed by atoms with Crippen LogP contribution in [-0.4, -0.2) is 5.51 Å². The van der Waals surface area contributed by atoms with Crippen molar-refractivity contribution >= 4 is 27.7 Å². The van der Waals surface area contributed by atoms with Gasteiger partial charge in [0.2, 0.25) is 0 Å². The van der Waals surface area contributed by atoms with Crippen molar-refractivity contribution in [2.75, 3.05) is 0 Å². The van der Waals surface area contributed by atoms with E-state index in [0.29, 0.717) is 0 Å². The molecule has 0 aliphatic rings. The maximum absolute atomic E-state index is 13.3. The first-order chi connectivity index (χ1) is 10.3. The molecule has 2 nitrogen and oxygen atoms in total. The number of hydrogen-bond donors (Lipinski definition) is 0. The van der Waals surface area contributed by atoms with E-state index in [1.165, 1.54) is 24.3 Å². The van der Waals surface area contributed by atoms with Gasteiger partial charge >= 0.3 is 5.51 Å². The first-order valence-corrected chi connectivity index (χ1v) is 7.31. The van der Waals surface area contributed by atoms with Crippen molar-refractivity contribution < 1.29 is 22.3 Å². The Balaban J connectivity index is 2.24. The van der Waals surface area contributed by atoms with E-state index in [9.17, 15) is 17.6 Å². The van der Waals surface area contributed by atoms with Crippen LogP contribution in [-0.2, 0) is 0 Å². The third kappa shape index (κ3) is 4.64. The van der Waals surface area contributed by atoms with Crippen molar-refractivity contribution in [1.29, 1.82) is 5.26 Å². The van der Waals surface area contributed by atoms with Crippen LogP contribution in [0.3, 0.4) is 0 Å². The molecule has 2 rings (SSSR count). The van der Waals surface area contributed by atoms with E-state index in [2.05, 4.69) is 15.9 Å². The first-order valence-electron chi connectivity index (χ1n) is 5.71. The van der Waals surface area contributed by atoms with Gasteiger partial charge < -0.3 is 4.74 Å². The Morgan fingerprint density at radius 2 is 1.86 bits per heavy atom. The zero-order chi connectivity index (χ0) is 16.3. The fourth-order valence-electron chi connectivity index (χ4n) is 1.57. The molecule has 2 aromatic rings. The molecule has 2 aromatic carbocycles. The SMILES string of the molecule is N#Cc1cc(F)cc(Oc2ccc(SC(F)(F)F)cc2Br)c1. The van der Waals surface area contributed by atoms with Crippen molar-refractivity contribution in [2.45, 2.75) is 10.4 Å². The number of hydrogen-bond acceptors (Lipinski definition) is 3. The summed E-state index contributed by atoms with van der Waals surface area (Å²) in [6, 6.07) is 9.05. The molecule has 114 valence electrons. The van der Waals surface area contributed by atoms with Crippen molar-refractivity contribution in [3.8, 4) is 17.6 Å². The highest BCUT2D eigenvalue weighted by Gasteiger charge is 2.29. The second-order valence-corrected chi connectivity index (χ2v) is 6.02. The molecular formula is C14H6BrF4NOS. The molecule has 0 spiro atoms. The highest BCUT2D eigenvalue weighted by atomic mass is 79.9. The third-order valence-electron chi connectivity index (χ3n) is 2.37. The summed E-state index contributed by atoms with van der Waals surface area (Å²) in [5, 5.41) is 8.76. The average Bonchev–Trinajstić information content (AvgIpc) is 2.39. The smallest absolute Gasteiger partial charge is 0.446 e. The molecule has 0 amide bonds. The summed E-state index contributed by atoms with van der Waals surface area (Å²) in [7, 11) is 0. The van der Waals surface area contributed by atoms with E-state index in [4.69, 9.17) is 10.00 Å². The summed E-state index contributed by atoms with van der Waals surface area (Å²) in [5.74, 6) is -0.357. The molecule has 0 radical (unpaired) electrons. The van der Waals surface area contributed by atoms with Gasteiger partial charge in [-0.15, -0.1) is 0 Å². The maximum atomic E-state index is 13.3. The lowest BCUT2D eigenvalue weighted by atomic mass is 10.2. The molecular weight excluding hydrogens is 386 g/mol. The van der Waals surface area contributed by atoms with Gasteiger partial charge in [-0.1, -0.05) is 0 Å². The van der Waals surface area contributed by atoms with Gasteiger partial charge in [0.05, 0.1) is 16.1 Å². The monoisotopic (exact) mass is 391 g/mol. The maximum Gasteiger partial charge on any atom is 0.446 e. The van der Waals surface area contributed by atoms with Crippen molar-refractivity contribution in [3.05, 3.63) is 52.3 Å². The molecule has 0 bridgehead atoms. The number of thioether (sulfide) groups is 1. The molecule has 8 heteroatoms. The Hall–Kier alpha value is -1.72.